The van der Waals surface area contributed by atoms with Crippen molar-refractivity contribution in [2.75, 3.05) is 38.0 Å². The first-order valence-corrected chi connectivity index (χ1v) is 9.43. The number of carbonyl (C=O) groups excluding carboxylic acids is 2. The Bertz CT molecular complexity index is 813. The van der Waals surface area contributed by atoms with E-state index in [1.165, 1.54) is 16.0 Å². The molecule has 0 atom stereocenters. The van der Waals surface area contributed by atoms with Crippen molar-refractivity contribution in [2.24, 2.45) is 5.73 Å². The summed E-state index contributed by atoms with van der Waals surface area (Å²) in [5.41, 5.74) is 8.93. The van der Waals surface area contributed by atoms with Crippen molar-refractivity contribution < 1.29 is 19.4 Å². The van der Waals surface area contributed by atoms with Gasteiger partial charge in [0.1, 0.15) is 32.7 Å². The number of primary amides is 1. The fraction of sp³-hybridized carbons (Fsp3) is 0.333. The van der Waals surface area contributed by atoms with Crippen LogP contribution in [0.1, 0.15) is 21.5 Å². The molecule has 6 heteroatoms. The molecule has 2 amide bonds. The molecule has 0 aliphatic carbocycles. The molecule has 0 unspecified atom stereocenters. The predicted octanol–water partition coefficient (Wildman–Crippen LogP) is -0.984. The lowest BCUT2D eigenvalue weighted by Gasteiger charge is -2.29. The zero-order valence-corrected chi connectivity index (χ0v) is 15.8. The smallest absolute Gasteiger partial charge is 0.279 e. The van der Waals surface area contributed by atoms with E-state index in [-0.39, 0.29) is 5.91 Å². The average molecular weight is 368 g/mol. The maximum atomic E-state index is 12.4. The van der Waals surface area contributed by atoms with Crippen molar-refractivity contribution in [3.8, 4) is 0 Å². The summed E-state index contributed by atoms with van der Waals surface area (Å²) in [7, 11) is 0. The van der Waals surface area contributed by atoms with E-state index in [1.54, 1.807) is 29.2 Å². The number of rotatable bonds is 6. The van der Waals surface area contributed by atoms with Gasteiger partial charge in [0.2, 0.25) is 0 Å². The minimum absolute atomic E-state index is 0.0824. The number of carbonyl (C=O) groups is 2. The van der Waals surface area contributed by atoms with E-state index in [4.69, 9.17) is 5.73 Å². The van der Waals surface area contributed by atoms with Crippen molar-refractivity contribution in [1.82, 2.24) is 0 Å². The summed E-state index contributed by atoms with van der Waals surface area (Å²) in [5.74, 6) is -0.618. The number of aryl methyl sites for hydroxylation is 1. The second-order valence-corrected chi connectivity index (χ2v) is 7.24. The Morgan fingerprint density at radius 3 is 2.30 bits per heavy atom. The molecule has 1 aliphatic rings. The molecule has 5 N–H and O–H groups in total. The molecule has 2 aromatic rings. The monoisotopic (exact) mass is 368 g/mol. The number of benzene rings is 2. The first kappa shape index (κ1) is 19.1. The van der Waals surface area contributed by atoms with Gasteiger partial charge in [-0.25, -0.2) is 0 Å². The molecule has 3 rings (SSSR count). The number of piperazine rings is 1. The predicted molar refractivity (Wildman–Crippen MR) is 105 cm³/mol. The summed E-state index contributed by atoms with van der Waals surface area (Å²) in [6.07, 6.45) is 0. The summed E-state index contributed by atoms with van der Waals surface area (Å²) >= 11 is 0. The molecule has 0 aromatic heterocycles. The third-order valence-corrected chi connectivity index (χ3v) is 5.24. The molecule has 27 heavy (non-hydrogen) atoms. The fourth-order valence-corrected chi connectivity index (χ4v) is 3.62. The largest absolute Gasteiger partial charge is 0.366 e. The highest BCUT2D eigenvalue weighted by atomic mass is 16.2. The van der Waals surface area contributed by atoms with Crippen molar-refractivity contribution in [1.29, 1.82) is 0 Å². The molecule has 0 radical (unpaired) electrons. The van der Waals surface area contributed by atoms with Crippen LogP contribution in [-0.4, -0.2) is 44.5 Å². The van der Waals surface area contributed by atoms with Gasteiger partial charge >= 0.3 is 0 Å². The van der Waals surface area contributed by atoms with Gasteiger partial charge < -0.3 is 20.9 Å². The first-order chi connectivity index (χ1) is 13.0. The summed E-state index contributed by atoms with van der Waals surface area (Å²) < 4.78 is 0. The minimum atomic E-state index is -0.535. The van der Waals surface area contributed by atoms with Gasteiger partial charge in [-0.1, -0.05) is 36.4 Å². The van der Waals surface area contributed by atoms with Crippen LogP contribution in [0.5, 0.6) is 0 Å². The van der Waals surface area contributed by atoms with E-state index in [0.717, 1.165) is 32.7 Å². The Labute approximate surface area is 159 Å². The maximum Gasteiger partial charge on any atom is 0.279 e. The Hall–Kier alpha value is -2.70. The van der Waals surface area contributed by atoms with Gasteiger partial charge in [-0.2, -0.15) is 0 Å². The third kappa shape index (κ3) is 5.15. The van der Waals surface area contributed by atoms with E-state index in [2.05, 4.69) is 36.5 Å². The molecular weight excluding hydrogens is 340 g/mol. The standard InChI is InChI=1S/C21H26N4O2/c1-16-6-2-3-7-17(16)14-24-10-12-25(13-11-24)15-20(26)23-19-9-5-4-8-18(19)21(22)27/h2-9H,10-15H2,1H3,(H2,22,27)(H,23,26)/p+2. The van der Waals surface area contributed by atoms with Crippen molar-refractivity contribution in [2.45, 2.75) is 13.5 Å². The summed E-state index contributed by atoms with van der Waals surface area (Å²) in [6.45, 7) is 7.63. The normalized spacial score (nSPS) is 19.4. The van der Waals surface area contributed by atoms with Crippen molar-refractivity contribution >= 4 is 17.5 Å². The van der Waals surface area contributed by atoms with Crippen LogP contribution < -0.4 is 20.9 Å². The average Bonchev–Trinajstić information content (AvgIpc) is 2.65. The number of nitrogens with two attached hydrogens (primary N) is 1. The number of hydrogen-bond donors (Lipinski definition) is 4. The molecule has 1 aliphatic heterocycles. The molecular formula is C21H28N4O2+2. The quantitative estimate of drug-likeness (QED) is 0.529. The number of amides is 2. The molecule has 1 fully saturated rings. The van der Waals surface area contributed by atoms with Gasteiger partial charge in [-0.3, -0.25) is 9.59 Å². The van der Waals surface area contributed by atoms with E-state index in [1.807, 2.05) is 0 Å². The molecule has 142 valence electrons. The van der Waals surface area contributed by atoms with Gasteiger partial charge in [-0.05, 0) is 24.6 Å². The van der Waals surface area contributed by atoms with Crippen LogP contribution >= 0.6 is 0 Å². The molecule has 6 nitrogen and oxygen atoms in total. The van der Waals surface area contributed by atoms with Gasteiger partial charge in [0, 0.05) is 5.56 Å². The number of nitrogens with one attached hydrogen (secondary N) is 3. The highest BCUT2D eigenvalue weighted by Gasteiger charge is 2.25. The van der Waals surface area contributed by atoms with Crippen molar-refractivity contribution in [3.63, 3.8) is 0 Å². The zero-order valence-electron chi connectivity index (χ0n) is 15.8. The lowest BCUT2D eigenvalue weighted by Crippen LogP contribution is -3.28. The molecule has 0 bridgehead atoms. The first-order valence-electron chi connectivity index (χ1n) is 9.43. The van der Waals surface area contributed by atoms with Crippen LogP contribution in [0.4, 0.5) is 5.69 Å². The van der Waals surface area contributed by atoms with E-state index in [0.29, 0.717) is 17.8 Å². The molecule has 0 saturated carbocycles. The topological polar surface area (TPSA) is 81.1 Å². The summed E-state index contributed by atoms with van der Waals surface area (Å²) in [6, 6.07) is 15.4. The van der Waals surface area contributed by atoms with Gasteiger partial charge in [0.05, 0.1) is 11.3 Å². The summed E-state index contributed by atoms with van der Waals surface area (Å²) in [5, 5.41) is 2.83. The molecule has 2 aromatic carbocycles. The van der Waals surface area contributed by atoms with Crippen LogP contribution in [0, 0.1) is 6.92 Å². The van der Waals surface area contributed by atoms with Crippen LogP contribution in [0.15, 0.2) is 48.5 Å². The Morgan fingerprint density at radius 1 is 0.963 bits per heavy atom. The molecule has 0 spiro atoms. The zero-order chi connectivity index (χ0) is 19.2. The SMILES string of the molecule is Cc1ccccc1C[NH+]1CC[NH+](CC(=O)Nc2ccccc2C(N)=O)CC1. The van der Waals surface area contributed by atoms with Gasteiger partial charge in [-0.15, -0.1) is 0 Å². The summed E-state index contributed by atoms with van der Waals surface area (Å²) in [4.78, 5) is 26.7. The second-order valence-electron chi connectivity index (χ2n) is 7.24. The van der Waals surface area contributed by atoms with Crippen LogP contribution in [0.2, 0.25) is 0 Å². The van der Waals surface area contributed by atoms with Crippen LogP contribution in [0.3, 0.4) is 0 Å². The maximum absolute atomic E-state index is 12.4. The molecule has 1 heterocycles. The van der Waals surface area contributed by atoms with E-state index < -0.39 is 5.91 Å². The Morgan fingerprint density at radius 2 is 1.59 bits per heavy atom. The highest BCUT2D eigenvalue weighted by molar-refractivity contribution is 6.03. The van der Waals surface area contributed by atoms with Crippen LogP contribution in [-0.2, 0) is 11.3 Å². The highest BCUT2D eigenvalue weighted by Crippen LogP contribution is 2.13. The van der Waals surface area contributed by atoms with Gasteiger partial charge in [0.25, 0.3) is 11.8 Å². The van der Waals surface area contributed by atoms with E-state index in [9.17, 15) is 9.59 Å². The second kappa shape index (κ2) is 8.79. The molecule has 1 saturated heterocycles. The number of quaternary nitrogens is 2. The number of para-hydroxylation sites is 1. The van der Waals surface area contributed by atoms with Crippen LogP contribution in [0.25, 0.3) is 0 Å². The number of hydrogen-bond acceptors (Lipinski definition) is 2. The Kier molecular flexibility index (Phi) is 6.21. The Balaban J connectivity index is 1.49. The third-order valence-electron chi connectivity index (χ3n) is 5.24. The fourth-order valence-electron chi connectivity index (χ4n) is 3.62. The minimum Gasteiger partial charge on any atom is -0.366 e. The lowest BCUT2D eigenvalue weighted by molar-refractivity contribution is -1.02. The van der Waals surface area contributed by atoms with Crippen molar-refractivity contribution in [3.05, 3.63) is 65.2 Å². The lowest BCUT2D eigenvalue weighted by atomic mass is 10.1. The number of anilines is 1. The van der Waals surface area contributed by atoms with E-state index >= 15 is 0 Å². The van der Waals surface area contributed by atoms with Gasteiger partial charge in [0.15, 0.2) is 6.54 Å².